The molecule has 0 aliphatic heterocycles. The molecule has 0 bridgehead atoms. The highest BCUT2D eigenvalue weighted by molar-refractivity contribution is 7.03. The molecule has 2 heterocycles. The first-order chi connectivity index (χ1) is 8.27. The van der Waals surface area contributed by atoms with Crippen molar-refractivity contribution in [1.82, 2.24) is 19.4 Å². The number of methoxy groups -OCH3 is 1. The summed E-state index contributed by atoms with van der Waals surface area (Å²) in [5, 5.41) is 9.52. The SMILES string of the molecule is CCCn1ncc(OC)c1C(=O)c1csnn1. The van der Waals surface area contributed by atoms with Gasteiger partial charge in [0.2, 0.25) is 5.78 Å². The Morgan fingerprint density at radius 2 is 2.41 bits per heavy atom. The summed E-state index contributed by atoms with van der Waals surface area (Å²) in [6.07, 6.45) is 2.43. The van der Waals surface area contributed by atoms with Gasteiger partial charge in [-0.2, -0.15) is 5.10 Å². The first-order valence-corrected chi connectivity index (χ1v) is 6.03. The van der Waals surface area contributed by atoms with Crippen LogP contribution in [0.25, 0.3) is 0 Å². The molecular weight excluding hydrogens is 240 g/mol. The standard InChI is InChI=1S/C10H12N4O2S/c1-3-4-14-9(8(16-2)5-11-14)10(15)7-6-17-13-12-7/h5-6H,3-4H2,1-2H3. The number of rotatable bonds is 5. The van der Waals surface area contributed by atoms with E-state index in [2.05, 4.69) is 14.7 Å². The molecule has 0 aromatic carbocycles. The Hall–Kier alpha value is -1.76. The van der Waals surface area contributed by atoms with Gasteiger partial charge in [-0.25, -0.2) is 0 Å². The van der Waals surface area contributed by atoms with Gasteiger partial charge < -0.3 is 4.74 Å². The number of aryl methyl sites for hydroxylation is 1. The van der Waals surface area contributed by atoms with Gasteiger partial charge in [0.15, 0.2) is 11.4 Å². The van der Waals surface area contributed by atoms with Crippen LogP contribution in [-0.2, 0) is 6.54 Å². The highest BCUT2D eigenvalue weighted by Gasteiger charge is 2.22. The molecule has 0 aliphatic carbocycles. The Morgan fingerprint density at radius 1 is 1.59 bits per heavy atom. The molecule has 7 heteroatoms. The molecule has 0 atom stereocenters. The van der Waals surface area contributed by atoms with E-state index in [-0.39, 0.29) is 5.78 Å². The van der Waals surface area contributed by atoms with Crippen molar-refractivity contribution in [3.8, 4) is 5.75 Å². The lowest BCUT2D eigenvalue weighted by Gasteiger charge is -2.05. The average molecular weight is 252 g/mol. The van der Waals surface area contributed by atoms with E-state index in [4.69, 9.17) is 4.74 Å². The predicted octanol–water partition coefficient (Wildman–Crippen LogP) is 1.38. The summed E-state index contributed by atoms with van der Waals surface area (Å²) in [5.41, 5.74) is 0.758. The molecule has 0 N–H and O–H groups in total. The van der Waals surface area contributed by atoms with E-state index in [1.807, 2.05) is 6.92 Å². The van der Waals surface area contributed by atoms with E-state index in [1.54, 1.807) is 16.3 Å². The summed E-state index contributed by atoms with van der Waals surface area (Å²) in [4.78, 5) is 12.2. The van der Waals surface area contributed by atoms with Crippen LogP contribution < -0.4 is 4.74 Å². The zero-order chi connectivity index (χ0) is 12.3. The van der Waals surface area contributed by atoms with Gasteiger partial charge in [-0.1, -0.05) is 11.4 Å². The molecule has 2 aromatic heterocycles. The van der Waals surface area contributed by atoms with E-state index in [0.717, 1.165) is 18.0 Å². The fourth-order valence-corrected chi connectivity index (χ4v) is 1.95. The molecule has 0 aliphatic rings. The third kappa shape index (κ3) is 2.19. The van der Waals surface area contributed by atoms with Gasteiger partial charge in [0.05, 0.1) is 13.3 Å². The third-order valence-electron chi connectivity index (χ3n) is 2.27. The molecule has 2 aromatic rings. The summed E-state index contributed by atoms with van der Waals surface area (Å²) < 4.78 is 10.5. The maximum Gasteiger partial charge on any atom is 0.235 e. The average Bonchev–Trinajstić information content (AvgIpc) is 2.97. The van der Waals surface area contributed by atoms with Crippen molar-refractivity contribution < 1.29 is 9.53 Å². The maximum atomic E-state index is 12.2. The maximum absolute atomic E-state index is 12.2. The zero-order valence-corrected chi connectivity index (χ0v) is 10.4. The fraction of sp³-hybridized carbons (Fsp3) is 0.400. The molecule has 0 fully saturated rings. The summed E-state index contributed by atoms with van der Waals surface area (Å²) in [6, 6.07) is 0. The van der Waals surface area contributed by atoms with Gasteiger partial charge in [0.1, 0.15) is 5.69 Å². The largest absolute Gasteiger partial charge is 0.493 e. The summed E-state index contributed by atoms with van der Waals surface area (Å²) in [7, 11) is 1.52. The molecule has 6 nitrogen and oxygen atoms in total. The Morgan fingerprint density at radius 3 is 3.00 bits per heavy atom. The molecule has 0 saturated carbocycles. The van der Waals surface area contributed by atoms with Crippen molar-refractivity contribution in [3.63, 3.8) is 0 Å². The van der Waals surface area contributed by atoms with Gasteiger partial charge in [-0.3, -0.25) is 9.48 Å². The van der Waals surface area contributed by atoms with E-state index in [0.29, 0.717) is 23.7 Å². The van der Waals surface area contributed by atoms with Crippen molar-refractivity contribution >= 4 is 17.3 Å². The smallest absolute Gasteiger partial charge is 0.235 e. The highest BCUT2D eigenvalue weighted by Crippen LogP contribution is 2.21. The lowest BCUT2D eigenvalue weighted by Crippen LogP contribution is -2.13. The van der Waals surface area contributed by atoms with Crippen LogP contribution in [0, 0.1) is 0 Å². The van der Waals surface area contributed by atoms with Crippen LogP contribution in [0.5, 0.6) is 5.75 Å². The minimum Gasteiger partial charge on any atom is -0.493 e. The van der Waals surface area contributed by atoms with Crippen molar-refractivity contribution in [1.29, 1.82) is 0 Å². The summed E-state index contributed by atoms with van der Waals surface area (Å²) in [6.45, 7) is 2.69. The van der Waals surface area contributed by atoms with Crippen molar-refractivity contribution in [2.24, 2.45) is 0 Å². The van der Waals surface area contributed by atoms with E-state index < -0.39 is 0 Å². The number of carbonyl (C=O) groups is 1. The van der Waals surface area contributed by atoms with Gasteiger partial charge >= 0.3 is 0 Å². The second kappa shape index (κ2) is 5.05. The van der Waals surface area contributed by atoms with E-state index >= 15 is 0 Å². The second-order valence-corrected chi connectivity index (χ2v) is 4.01. The number of aromatic nitrogens is 4. The van der Waals surface area contributed by atoms with E-state index in [9.17, 15) is 4.79 Å². The van der Waals surface area contributed by atoms with Gasteiger partial charge in [-0.15, -0.1) is 5.10 Å². The fourth-order valence-electron chi connectivity index (χ4n) is 1.51. The van der Waals surface area contributed by atoms with Crippen LogP contribution in [0.15, 0.2) is 11.6 Å². The molecule has 0 unspecified atom stereocenters. The van der Waals surface area contributed by atoms with Crippen LogP contribution in [0.2, 0.25) is 0 Å². The van der Waals surface area contributed by atoms with Crippen LogP contribution in [0.4, 0.5) is 0 Å². The zero-order valence-electron chi connectivity index (χ0n) is 9.58. The third-order valence-corrected chi connectivity index (χ3v) is 2.77. The Bertz CT molecular complexity index is 506. The molecule has 90 valence electrons. The van der Waals surface area contributed by atoms with Crippen LogP contribution >= 0.6 is 11.5 Å². The number of ketones is 1. The highest BCUT2D eigenvalue weighted by atomic mass is 32.1. The number of carbonyl (C=O) groups excluding carboxylic acids is 1. The van der Waals surface area contributed by atoms with Crippen LogP contribution in [0.3, 0.4) is 0 Å². The minimum absolute atomic E-state index is 0.207. The van der Waals surface area contributed by atoms with Crippen LogP contribution in [0.1, 0.15) is 29.5 Å². The van der Waals surface area contributed by atoms with Gasteiger partial charge in [-0.05, 0) is 18.0 Å². The Labute approximate surface area is 102 Å². The number of hydrogen-bond acceptors (Lipinski definition) is 6. The second-order valence-electron chi connectivity index (χ2n) is 3.40. The number of nitrogens with zero attached hydrogens (tertiary/aromatic N) is 4. The summed E-state index contributed by atoms with van der Waals surface area (Å²) in [5.74, 6) is 0.262. The Kier molecular flexibility index (Phi) is 3.48. The van der Waals surface area contributed by atoms with Crippen molar-refractivity contribution in [2.75, 3.05) is 7.11 Å². The molecule has 0 radical (unpaired) electrons. The molecular formula is C10H12N4O2S. The predicted molar refractivity (Wildman–Crippen MR) is 62.4 cm³/mol. The Balaban J connectivity index is 2.42. The lowest BCUT2D eigenvalue weighted by molar-refractivity contribution is 0.102. The topological polar surface area (TPSA) is 69.9 Å². The normalized spacial score (nSPS) is 10.5. The van der Waals surface area contributed by atoms with Gasteiger partial charge in [0.25, 0.3) is 0 Å². The minimum atomic E-state index is -0.207. The molecule has 0 spiro atoms. The first-order valence-electron chi connectivity index (χ1n) is 5.19. The van der Waals surface area contributed by atoms with Crippen molar-refractivity contribution in [3.05, 3.63) is 23.0 Å². The van der Waals surface area contributed by atoms with Crippen LogP contribution in [-0.4, -0.2) is 32.3 Å². The number of ether oxygens (including phenoxy) is 1. The lowest BCUT2D eigenvalue weighted by atomic mass is 10.2. The molecule has 2 rings (SSSR count). The molecule has 0 saturated heterocycles. The monoisotopic (exact) mass is 252 g/mol. The summed E-state index contributed by atoms with van der Waals surface area (Å²) >= 11 is 1.15. The van der Waals surface area contributed by atoms with E-state index in [1.165, 1.54) is 7.11 Å². The molecule has 0 amide bonds. The molecule has 17 heavy (non-hydrogen) atoms. The quantitative estimate of drug-likeness (QED) is 0.752. The number of hydrogen-bond donors (Lipinski definition) is 0. The van der Waals surface area contributed by atoms with Gasteiger partial charge in [0, 0.05) is 11.9 Å². The van der Waals surface area contributed by atoms with Crippen molar-refractivity contribution in [2.45, 2.75) is 19.9 Å². The first kappa shape index (κ1) is 11.7.